The monoisotopic (exact) mass is 184 g/mol. The van der Waals surface area contributed by atoms with E-state index in [9.17, 15) is 4.79 Å². The average molecular weight is 184 g/mol. The van der Waals surface area contributed by atoms with Crippen LogP contribution in [0.25, 0.3) is 0 Å². The zero-order chi connectivity index (χ0) is 10.0. The minimum Gasteiger partial charge on any atom is -0.369 e. The van der Waals surface area contributed by atoms with Gasteiger partial charge < -0.3 is 4.74 Å². The predicted octanol–water partition coefficient (Wildman–Crippen LogP) is 2.42. The van der Waals surface area contributed by atoms with Crippen molar-refractivity contribution in [3.8, 4) is 0 Å². The Balaban J connectivity index is 2.17. The fourth-order valence-electron chi connectivity index (χ4n) is 1.46. The van der Waals surface area contributed by atoms with Crippen molar-refractivity contribution in [2.24, 2.45) is 11.8 Å². The average Bonchev–Trinajstić information content (AvgIpc) is 2.66. The molecule has 76 valence electrons. The summed E-state index contributed by atoms with van der Waals surface area (Å²) in [6.07, 6.45) is 2.31. The van der Waals surface area contributed by atoms with Gasteiger partial charge in [0.25, 0.3) is 0 Å². The number of ketones is 1. The van der Waals surface area contributed by atoms with Crippen LogP contribution in [0.4, 0.5) is 0 Å². The molecule has 13 heavy (non-hydrogen) atoms. The van der Waals surface area contributed by atoms with Crippen molar-refractivity contribution in [3.63, 3.8) is 0 Å². The Kier molecular flexibility index (Phi) is 3.48. The van der Waals surface area contributed by atoms with Crippen LogP contribution in [0.5, 0.6) is 0 Å². The van der Waals surface area contributed by atoms with Gasteiger partial charge in [-0.05, 0) is 12.3 Å². The number of epoxide rings is 1. The molecule has 0 radical (unpaired) electrons. The van der Waals surface area contributed by atoms with Crippen LogP contribution < -0.4 is 0 Å². The first kappa shape index (κ1) is 10.7. The van der Waals surface area contributed by atoms with Crippen molar-refractivity contribution in [2.75, 3.05) is 0 Å². The Labute approximate surface area is 80.7 Å². The number of carbonyl (C=O) groups excluding carboxylic acids is 1. The van der Waals surface area contributed by atoms with E-state index in [4.69, 9.17) is 4.74 Å². The molecule has 0 saturated carbocycles. The highest BCUT2D eigenvalue weighted by atomic mass is 16.6. The minimum atomic E-state index is 0.156. The summed E-state index contributed by atoms with van der Waals surface area (Å²) in [5, 5.41) is 0. The lowest BCUT2D eigenvalue weighted by Crippen LogP contribution is -2.11. The van der Waals surface area contributed by atoms with Gasteiger partial charge >= 0.3 is 0 Å². The summed E-state index contributed by atoms with van der Waals surface area (Å²) >= 11 is 0. The van der Waals surface area contributed by atoms with Gasteiger partial charge in [-0.2, -0.15) is 0 Å². The molecule has 1 saturated heterocycles. The van der Waals surface area contributed by atoms with Crippen LogP contribution in [-0.2, 0) is 9.53 Å². The van der Waals surface area contributed by atoms with Crippen LogP contribution in [0.2, 0.25) is 0 Å². The van der Waals surface area contributed by atoms with Gasteiger partial charge in [-0.25, -0.2) is 0 Å². The lowest BCUT2D eigenvalue weighted by molar-refractivity contribution is -0.122. The molecule has 2 unspecified atom stereocenters. The molecule has 1 heterocycles. The zero-order valence-corrected chi connectivity index (χ0v) is 9.04. The number of rotatable bonds is 5. The molecule has 1 rings (SSSR count). The molecular weight excluding hydrogens is 164 g/mol. The highest BCUT2D eigenvalue weighted by Crippen LogP contribution is 2.31. The summed E-state index contributed by atoms with van der Waals surface area (Å²) in [4.78, 5) is 11.3. The second kappa shape index (κ2) is 4.23. The lowest BCUT2D eigenvalue weighted by atomic mass is 10.0. The minimum absolute atomic E-state index is 0.156. The molecule has 0 bridgehead atoms. The summed E-state index contributed by atoms with van der Waals surface area (Å²) in [6.45, 7) is 8.26. The van der Waals surface area contributed by atoms with E-state index in [0.29, 0.717) is 24.2 Å². The summed E-state index contributed by atoms with van der Waals surface area (Å²) in [7, 11) is 0. The normalized spacial score (nSPS) is 26.9. The van der Waals surface area contributed by atoms with Crippen LogP contribution >= 0.6 is 0 Å². The second-order valence-corrected chi connectivity index (χ2v) is 4.67. The molecular formula is C11H20O2. The Morgan fingerprint density at radius 1 is 1.23 bits per heavy atom. The standard InChI is InChI=1S/C11H20O2/c1-7(2)5-10-11(13-10)6-9(12)8(3)4/h7-8,10-11H,5-6H2,1-4H3. The van der Waals surface area contributed by atoms with Crippen LogP contribution in [0, 0.1) is 11.8 Å². The van der Waals surface area contributed by atoms with Gasteiger partial charge in [0.2, 0.25) is 0 Å². The van der Waals surface area contributed by atoms with Crippen molar-refractivity contribution >= 4 is 5.78 Å². The summed E-state index contributed by atoms with van der Waals surface area (Å²) in [6, 6.07) is 0. The molecule has 0 aliphatic carbocycles. The first-order valence-corrected chi connectivity index (χ1v) is 5.19. The Morgan fingerprint density at radius 3 is 2.31 bits per heavy atom. The molecule has 0 amide bonds. The van der Waals surface area contributed by atoms with Gasteiger partial charge in [-0.15, -0.1) is 0 Å². The van der Waals surface area contributed by atoms with Crippen molar-refractivity contribution in [1.29, 1.82) is 0 Å². The van der Waals surface area contributed by atoms with Crippen molar-refractivity contribution in [1.82, 2.24) is 0 Å². The van der Waals surface area contributed by atoms with Crippen molar-refractivity contribution in [3.05, 3.63) is 0 Å². The number of carbonyl (C=O) groups is 1. The second-order valence-electron chi connectivity index (χ2n) is 4.67. The Morgan fingerprint density at radius 2 is 1.85 bits per heavy atom. The predicted molar refractivity (Wildman–Crippen MR) is 52.6 cm³/mol. The van der Waals surface area contributed by atoms with E-state index in [2.05, 4.69) is 13.8 Å². The number of Topliss-reactive ketones (excluding diaryl/α,β-unsaturated/α-hetero) is 1. The molecule has 2 heteroatoms. The fraction of sp³-hybridized carbons (Fsp3) is 0.909. The fourth-order valence-corrected chi connectivity index (χ4v) is 1.46. The van der Waals surface area contributed by atoms with Gasteiger partial charge in [0.05, 0.1) is 12.2 Å². The maximum Gasteiger partial charge on any atom is 0.138 e. The topological polar surface area (TPSA) is 29.6 Å². The first-order chi connectivity index (χ1) is 6.00. The van der Waals surface area contributed by atoms with E-state index >= 15 is 0 Å². The maximum atomic E-state index is 11.3. The molecule has 1 fully saturated rings. The largest absolute Gasteiger partial charge is 0.369 e. The third kappa shape index (κ3) is 3.47. The lowest BCUT2D eigenvalue weighted by Gasteiger charge is -2.01. The molecule has 0 aromatic heterocycles. The van der Waals surface area contributed by atoms with E-state index in [1.165, 1.54) is 0 Å². The summed E-state index contributed by atoms with van der Waals surface area (Å²) < 4.78 is 5.43. The quantitative estimate of drug-likeness (QED) is 0.614. The van der Waals surface area contributed by atoms with E-state index in [-0.39, 0.29) is 12.0 Å². The number of hydrogen-bond donors (Lipinski definition) is 0. The number of ether oxygens (including phenoxy) is 1. The first-order valence-electron chi connectivity index (χ1n) is 5.19. The van der Waals surface area contributed by atoms with Crippen LogP contribution in [0.1, 0.15) is 40.5 Å². The highest BCUT2D eigenvalue weighted by Gasteiger charge is 2.40. The van der Waals surface area contributed by atoms with Gasteiger partial charge in [0.15, 0.2) is 0 Å². The van der Waals surface area contributed by atoms with E-state index in [0.717, 1.165) is 6.42 Å². The molecule has 0 N–H and O–H groups in total. The van der Waals surface area contributed by atoms with Gasteiger partial charge in [0, 0.05) is 12.3 Å². The molecule has 1 aliphatic heterocycles. The molecule has 2 atom stereocenters. The smallest absolute Gasteiger partial charge is 0.138 e. The molecule has 2 nitrogen and oxygen atoms in total. The van der Waals surface area contributed by atoms with Crippen molar-refractivity contribution in [2.45, 2.75) is 52.7 Å². The van der Waals surface area contributed by atoms with E-state index < -0.39 is 0 Å². The van der Waals surface area contributed by atoms with E-state index in [1.807, 2.05) is 13.8 Å². The van der Waals surface area contributed by atoms with Crippen LogP contribution in [0.15, 0.2) is 0 Å². The van der Waals surface area contributed by atoms with Crippen LogP contribution in [-0.4, -0.2) is 18.0 Å². The third-order valence-electron chi connectivity index (χ3n) is 2.44. The number of hydrogen-bond acceptors (Lipinski definition) is 2. The molecule has 1 aliphatic rings. The van der Waals surface area contributed by atoms with Gasteiger partial charge in [0.1, 0.15) is 5.78 Å². The van der Waals surface area contributed by atoms with Gasteiger partial charge in [-0.1, -0.05) is 27.7 Å². The van der Waals surface area contributed by atoms with E-state index in [1.54, 1.807) is 0 Å². The third-order valence-corrected chi connectivity index (χ3v) is 2.44. The SMILES string of the molecule is CC(C)CC1OC1CC(=O)C(C)C. The van der Waals surface area contributed by atoms with Gasteiger partial charge in [-0.3, -0.25) is 4.79 Å². The molecule has 0 aromatic rings. The Hall–Kier alpha value is -0.370. The van der Waals surface area contributed by atoms with Crippen molar-refractivity contribution < 1.29 is 9.53 Å². The molecule has 0 spiro atoms. The van der Waals surface area contributed by atoms with Crippen LogP contribution in [0.3, 0.4) is 0 Å². The highest BCUT2D eigenvalue weighted by molar-refractivity contribution is 5.81. The summed E-state index contributed by atoms with van der Waals surface area (Å²) in [5.41, 5.74) is 0. The Bertz CT molecular complexity index is 185. The molecule has 0 aromatic carbocycles. The maximum absolute atomic E-state index is 11.3. The zero-order valence-electron chi connectivity index (χ0n) is 9.04. The summed E-state index contributed by atoms with van der Waals surface area (Å²) in [5.74, 6) is 1.16.